The van der Waals surface area contributed by atoms with Gasteiger partial charge in [-0.3, -0.25) is 14.4 Å². The fraction of sp³-hybridized carbons (Fsp3) is 0.500. The highest BCUT2D eigenvalue weighted by Crippen LogP contribution is 2.27. The van der Waals surface area contributed by atoms with E-state index in [4.69, 9.17) is 11.6 Å². The number of likely N-dealkylation sites (N-methyl/N-ethyl adjacent to an activating group) is 1. The van der Waals surface area contributed by atoms with Crippen molar-refractivity contribution in [3.63, 3.8) is 0 Å². The normalized spacial score (nSPS) is 22.3. The molecule has 1 fully saturated rings. The first-order valence-electron chi connectivity index (χ1n) is 9.45. The number of nitrogens with one attached hydrogen (secondary N) is 1. The van der Waals surface area contributed by atoms with Crippen molar-refractivity contribution in [2.45, 2.75) is 45.0 Å². The average molecular weight is 391 g/mol. The quantitative estimate of drug-likeness (QED) is 0.725. The van der Waals surface area contributed by atoms with E-state index in [9.17, 15) is 9.90 Å². The minimum Gasteiger partial charge on any atom is -0.391 e. The molecule has 1 aromatic heterocycles. The molecular formula is C20H27ClN4O2. The number of aliphatic hydroxyl groups is 1. The van der Waals surface area contributed by atoms with Gasteiger partial charge in [0.1, 0.15) is 0 Å². The summed E-state index contributed by atoms with van der Waals surface area (Å²) >= 11 is 5.92. The van der Waals surface area contributed by atoms with Crippen molar-refractivity contribution in [3.05, 3.63) is 53.3 Å². The summed E-state index contributed by atoms with van der Waals surface area (Å²) < 4.78 is 1.88. The Bertz CT molecular complexity index is 720. The monoisotopic (exact) mass is 390 g/mol. The van der Waals surface area contributed by atoms with Gasteiger partial charge >= 0.3 is 0 Å². The van der Waals surface area contributed by atoms with E-state index >= 15 is 0 Å². The van der Waals surface area contributed by atoms with E-state index < -0.39 is 6.10 Å². The van der Waals surface area contributed by atoms with Gasteiger partial charge in [-0.2, -0.15) is 5.10 Å². The maximum Gasteiger partial charge on any atom is 0.234 e. The SMILES string of the molecule is CCN(CC(=O)N[C@@H]1CC(Cn2cccn2)C[C@H]1O)Cc1ccc(Cl)cc1. The van der Waals surface area contributed by atoms with Crippen molar-refractivity contribution in [3.8, 4) is 0 Å². The van der Waals surface area contributed by atoms with Gasteiger partial charge in [-0.1, -0.05) is 30.7 Å². The van der Waals surface area contributed by atoms with Crippen LogP contribution in [0.25, 0.3) is 0 Å². The predicted molar refractivity (Wildman–Crippen MR) is 105 cm³/mol. The second-order valence-corrected chi connectivity index (χ2v) is 7.67. The largest absolute Gasteiger partial charge is 0.391 e. The highest BCUT2D eigenvalue weighted by Gasteiger charge is 2.34. The molecule has 1 heterocycles. The van der Waals surface area contributed by atoms with Crippen LogP contribution in [-0.2, 0) is 17.9 Å². The molecule has 0 radical (unpaired) electrons. The number of amides is 1. The number of halogens is 1. The van der Waals surface area contributed by atoms with Crippen molar-refractivity contribution < 1.29 is 9.90 Å². The number of benzene rings is 1. The number of aromatic nitrogens is 2. The molecule has 6 nitrogen and oxygen atoms in total. The lowest BCUT2D eigenvalue weighted by Crippen LogP contribution is -2.44. The van der Waals surface area contributed by atoms with Crippen LogP contribution in [0.1, 0.15) is 25.3 Å². The second-order valence-electron chi connectivity index (χ2n) is 7.24. The Morgan fingerprint density at radius 2 is 2.15 bits per heavy atom. The number of nitrogens with zero attached hydrogens (tertiary/aromatic N) is 3. The minimum absolute atomic E-state index is 0.0467. The van der Waals surface area contributed by atoms with E-state index in [1.54, 1.807) is 6.20 Å². The fourth-order valence-electron chi connectivity index (χ4n) is 3.68. The third-order valence-electron chi connectivity index (χ3n) is 5.11. The highest BCUT2D eigenvalue weighted by atomic mass is 35.5. The van der Waals surface area contributed by atoms with Crippen LogP contribution in [0.5, 0.6) is 0 Å². The van der Waals surface area contributed by atoms with Gasteiger partial charge in [0, 0.05) is 30.5 Å². The fourth-order valence-corrected chi connectivity index (χ4v) is 3.80. The maximum atomic E-state index is 12.5. The van der Waals surface area contributed by atoms with E-state index in [2.05, 4.69) is 15.3 Å². The summed E-state index contributed by atoms with van der Waals surface area (Å²) in [5, 5.41) is 18.3. The molecule has 1 aliphatic rings. The van der Waals surface area contributed by atoms with Gasteiger partial charge in [0.15, 0.2) is 0 Å². The van der Waals surface area contributed by atoms with Crippen LogP contribution in [0.2, 0.25) is 5.02 Å². The Kier molecular flexibility index (Phi) is 6.88. The molecular weight excluding hydrogens is 364 g/mol. The lowest BCUT2D eigenvalue weighted by molar-refractivity contribution is -0.123. The number of rotatable bonds is 8. The molecule has 1 saturated carbocycles. The van der Waals surface area contributed by atoms with Gasteiger partial charge < -0.3 is 10.4 Å². The number of hydrogen-bond acceptors (Lipinski definition) is 4. The molecule has 0 aliphatic heterocycles. The molecule has 1 aliphatic carbocycles. The summed E-state index contributed by atoms with van der Waals surface area (Å²) in [5.74, 6) is 0.274. The zero-order valence-corrected chi connectivity index (χ0v) is 16.3. The van der Waals surface area contributed by atoms with Crippen LogP contribution in [0.15, 0.2) is 42.7 Å². The van der Waals surface area contributed by atoms with E-state index in [-0.39, 0.29) is 11.9 Å². The van der Waals surface area contributed by atoms with Crippen molar-refractivity contribution >= 4 is 17.5 Å². The molecule has 7 heteroatoms. The number of aliphatic hydroxyl groups excluding tert-OH is 1. The lowest BCUT2D eigenvalue weighted by Gasteiger charge is -2.22. The van der Waals surface area contributed by atoms with Gasteiger partial charge in [-0.15, -0.1) is 0 Å². The molecule has 2 N–H and O–H groups in total. The van der Waals surface area contributed by atoms with Crippen LogP contribution < -0.4 is 5.32 Å². The van der Waals surface area contributed by atoms with Gasteiger partial charge in [-0.25, -0.2) is 0 Å². The first-order valence-corrected chi connectivity index (χ1v) is 9.83. The zero-order valence-electron chi connectivity index (χ0n) is 15.6. The summed E-state index contributed by atoms with van der Waals surface area (Å²) in [4.78, 5) is 14.5. The summed E-state index contributed by atoms with van der Waals surface area (Å²) in [7, 11) is 0. The Morgan fingerprint density at radius 3 is 2.81 bits per heavy atom. The van der Waals surface area contributed by atoms with Gasteiger partial charge in [0.25, 0.3) is 0 Å². The summed E-state index contributed by atoms with van der Waals surface area (Å²) in [6, 6.07) is 9.38. The molecule has 1 amide bonds. The smallest absolute Gasteiger partial charge is 0.234 e. The Morgan fingerprint density at radius 1 is 1.37 bits per heavy atom. The third-order valence-corrected chi connectivity index (χ3v) is 5.36. The minimum atomic E-state index is -0.499. The Labute approximate surface area is 165 Å². The third kappa shape index (κ3) is 5.79. The van der Waals surface area contributed by atoms with E-state index in [1.807, 2.05) is 48.1 Å². The standard InChI is InChI=1S/C20H27ClN4O2/c1-2-24(12-15-4-6-17(21)7-5-15)14-20(27)23-18-10-16(11-19(18)26)13-25-9-3-8-22-25/h3-9,16,18-19,26H,2,10-14H2,1H3,(H,23,27)/t16?,18-,19-/m1/s1. The maximum absolute atomic E-state index is 12.5. The predicted octanol–water partition coefficient (Wildman–Crippen LogP) is 2.31. The molecule has 1 aromatic carbocycles. The van der Waals surface area contributed by atoms with Crippen LogP contribution in [0, 0.1) is 5.92 Å². The first kappa shape index (κ1) is 19.9. The van der Waals surface area contributed by atoms with E-state index in [0.29, 0.717) is 30.5 Å². The molecule has 2 aromatic rings. The van der Waals surface area contributed by atoms with Crippen LogP contribution in [-0.4, -0.2) is 50.9 Å². The molecule has 0 bridgehead atoms. The van der Waals surface area contributed by atoms with E-state index in [1.165, 1.54) is 0 Å². The molecule has 1 unspecified atom stereocenters. The molecule has 0 saturated heterocycles. The van der Waals surface area contributed by atoms with Crippen molar-refractivity contribution in [2.75, 3.05) is 13.1 Å². The van der Waals surface area contributed by atoms with Crippen molar-refractivity contribution in [1.82, 2.24) is 20.0 Å². The second kappa shape index (κ2) is 9.35. The van der Waals surface area contributed by atoms with Gasteiger partial charge in [-0.05, 0) is 49.1 Å². The first-order chi connectivity index (χ1) is 13.0. The van der Waals surface area contributed by atoms with Gasteiger partial charge in [0.05, 0.1) is 18.7 Å². The average Bonchev–Trinajstić information content (AvgIpc) is 3.26. The lowest BCUT2D eigenvalue weighted by atomic mass is 10.1. The molecule has 3 rings (SSSR count). The van der Waals surface area contributed by atoms with Crippen LogP contribution >= 0.6 is 11.6 Å². The van der Waals surface area contributed by atoms with Crippen LogP contribution in [0.4, 0.5) is 0 Å². The number of hydrogen-bond donors (Lipinski definition) is 2. The molecule has 146 valence electrons. The molecule has 3 atom stereocenters. The Balaban J connectivity index is 1.47. The summed E-state index contributed by atoms with van der Waals surface area (Å²) in [6.07, 6.45) is 4.64. The number of carbonyl (C=O) groups excluding carboxylic acids is 1. The summed E-state index contributed by atoms with van der Waals surface area (Å²) in [5.41, 5.74) is 1.12. The molecule has 27 heavy (non-hydrogen) atoms. The Hall–Kier alpha value is -1.89. The topological polar surface area (TPSA) is 70.4 Å². The number of carbonyl (C=O) groups is 1. The zero-order chi connectivity index (χ0) is 19.2. The highest BCUT2D eigenvalue weighted by molar-refractivity contribution is 6.30. The van der Waals surface area contributed by atoms with E-state index in [0.717, 1.165) is 25.1 Å². The van der Waals surface area contributed by atoms with Crippen molar-refractivity contribution in [1.29, 1.82) is 0 Å². The molecule has 0 spiro atoms. The van der Waals surface area contributed by atoms with Crippen molar-refractivity contribution in [2.24, 2.45) is 5.92 Å². The summed E-state index contributed by atoms with van der Waals surface area (Å²) in [6.45, 7) is 4.58. The van der Waals surface area contributed by atoms with Gasteiger partial charge in [0.2, 0.25) is 5.91 Å². The van der Waals surface area contributed by atoms with Crippen LogP contribution in [0.3, 0.4) is 0 Å².